The second kappa shape index (κ2) is 7.33. The first kappa shape index (κ1) is 18.8. The van der Waals surface area contributed by atoms with Gasteiger partial charge in [-0.05, 0) is 30.9 Å². The summed E-state index contributed by atoms with van der Waals surface area (Å²) in [4.78, 5) is 4.45. The summed E-state index contributed by atoms with van der Waals surface area (Å²) in [5.41, 5.74) is 11.9. The Hall–Kier alpha value is -3.94. The van der Waals surface area contributed by atoms with Crippen molar-refractivity contribution >= 4 is 11.6 Å². The number of nitrogens with two attached hydrogens (primary N) is 1. The van der Waals surface area contributed by atoms with Gasteiger partial charge in [-0.2, -0.15) is 15.2 Å². The number of hydrogen-bond acceptors (Lipinski definition) is 5. The van der Waals surface area contributed by atoms with Crippen LogP contribution in [-0.4, -0.2) is 34.2 Å². The van der Waals surface area contributed by atoms with Crippen molar-refractivity contribution in [1.29, 1.82) is 0 Å². The van der Waals surface area contributed by atoms with Gasteiger partial charge in [0.05, 0.1) is 24.5 Å². The van der Waals surface area contributed by atoms with Crippen LogP contribution in [0.1, 0.15) is 43.8 Å². The number of rotatable bonds is 6. The lowest BCUT2D eigenvalue weighted by molar-refractivity contribution is 0.509. The highest BCUT2D eigenvalue weighted by Crippen LogP contribution is 2.36. The van der Waals surface area contributed by atoms with E-state index in [1.165, 1.54) is 18.4 Å². The Kier molecular flexibility index (Phi) is 4.31. The van der Waals surface area contributed by atoms with Crippen LogP contribution in [0.5, 0.6) is 0 Å². The van der Waals surface area contributed by atoms with Crippen molar-refractivity contribution in [2.24, 2.45) is 0 Å². The molecule has 8 heteroatoms. The Morgan fingerprint density at radius 1 is 1.00 bits per heavy atom. The molecule has 5 aromatic rings. The zero-order valence-electron chi connectivity index (χ0n) is 17.8. The quantitative estimate of drug-likeness (QED) is 0.437. The van der Waals surface area contributed by atoms with Crippen LogP contribution in [0.15, 0.2) is 67.4 Å². The Bertz CT molecular complexity index is 1390. The third-order valence-electron chi connectivity index (χ3n) is 6.11. The van der Waals surface area contributed by atoms with E-state index >= 15 is 0 Å². The Morgan fingerprint density at radius 3 is 2.59 bits per heavy atom. The largest absolute Gasteiger partial charge is 0.366 e. The molecule has 1 fully saturated rings. The molecule has 0 amide bonds. The summed E-state index contributed by atoms with van der Waals surface area (Å²) in [6.45, 7) is 2.18. The Balaban J connectivity index is 1.43. The van der Waals surface area contributed by atoms with Crippen LogP contribution in [0.3, 0.4) is 0 Å². The zero-order chi connectivity index (χ0) is 21.7. The molecule has 1 saturated carbocycles. The average molecular weight is 425 g/mol. The summed E-state index contributed by atoms with van der Waals surface area (Å²) in [7, 11) is 0. The summed E-state index contributed by atoms with van der Waals surface area (Å²) >= 11 is 0. The third kappa shape index (κ3) is 3.24. The molecule has 0 spiro atoms. The third-order valence-corrected chi connectivity index (χ3v) is 6.11. The number of hydrogen-bond donors (Lipinski definition) is 1. The van der Waals surface area contributed by atoms with E-state index in [-0.39, 0.29) is 12.0 Å². The highest BCUT2D eigenvalue weighted by atomic mass is 15.3. The number of aromatic nitrogens is 7. The molecule has 0 aliphatic heterocycles. The maximum Gasteiger partial charge on any atom is 0.240 e. The molecule has 0 saturated heterocycles. The van der Waals surface area contributed by atoms with Gasteiger partial charge in [-0.25, -0.2) is 4.52 Å². The van der Waals surface area contributed by atoms with Gasteiger partial charge in [-0.15, -0.1) is 5.10 Å². The normalized spacial score (nSPS) is 14.8. The van der Waals surface area contributed by atoms with Crippen LogP contribution in [0.4, 0.5) is 5.95 Å². The number of nitrogen functional groups attached to an aromatic ring is 1. The van der Waals surface area contributed by atoms with Crippen molar-refractivity contribution in [1.82, 2.24) is 34.2 Å². The fourth-order valence-electron chi connectivity index (χ4n) is 4.30. The summed E-state index contributed by atoms with van der Waals surface area (Å²) in [5, 5.41) is 13.6. The van der Waals surface area contributed by atoms with Gasteiger partial charge in [0.1, 0.15) is 0 Å². The molecular formula is C24H24N8. The summed E-state index contributed by atoms with van der Waals surface area (Å²) in [6, 6.07) is 13.3. The van der Waals surface area contributed by atoms with Gasteiger partial charge in [0.2, 0.25) is 5.95 Å². The van der Waals surface area contributed by atoms with Crippen LogP contribution < -0.4 is 5.73 Å². The first-order valence-electron chi connectivity index (χ1n) is 11.0. The van der Waals surface area contributed by atoms with E-state index in [0.29, 0.717) is 6.04 Å². The SMILES string of the molecule is CCC(c1ccccc1)n1cc(-c2cc(-c3cnn(C4CC4)c3)c3nc(N)nn3c2)cn1. The van der Waals surface area contributed by atoms with Crippen molar-refractivity contribution in [2.45, 2.75) is 38.3 Å². The predicted octanol–water partition coefficient (Wildman–Crippen LogP) is 4.37. The smallest absolute Gasteiger partial charge is 0.240 e. The highest BCUT2D eigenvalue weighted by Gasteiger charge is 2.25. The standard InChI is InChI=1S/C24H24N8/c1-2-22(16-6-4-3-5-7-16)31-14-18(11-27-31)17-10-21(23-28-24(25)29-32(23)13-17)19-12-26-30(15-19)20-8-9-20/h3-7,10-15,20,22H,2,8-9H2,1H3,(H2,25,29). The zero-order valence-corrected chi connectivity index (χ0v) is 17.8. The topological polar surface area (TPSA) is 91.8 Å². The van der Waals surface area contributed by atoms with Crippen LogP contribution in [-0.2, 0) is 0 Å². The minimum atomic E-state index is 0.187. The second-order valence-corrected chi connectivity index (χ2v) is 8.36. The molecule has 0 radical (unpaired) electrons. The van der Waals surface area contributed by atoms with E-state index in [0.717, 1.165) is 34.3 Å². The van der Waals surface area contributed by atoms with Gasteiger partial charge < -0.3 is 5.73 Å². The van der Waals surface area contributed by atoms with Crippen LogP contribution in [0.25, 0.3) is 27.9 Å². The van der Waals surface area contributed by atoms with Crippen molar-refractivity contribution in [3.63, 3.8) is 0 Å². The van der Waals surface area contributed by atoms with Gasteiger partial charge in [-0.1, -0.05) is 37.3 Å². The minimum absolute atomic E-state index is 0.187. The molecule has 4 aromatic heterocycles. The van der Waals surface area contributed by atoms with E-state index < -0.39 is 0 Å². The van der Waals surface area contributed by atoms with Crippen molar-refractivity contribution in [3.8, 4) is 22.3 Å². The fraction of sp³-hybridized carbons (Fsp3) is 0.250. The molecule has 4 heterocycles. The molecule has 8 nitrogen and oxygen atoms in total. The molecule has 160 valence electrons. The Morgan fingerprint density at radius 2 is 1.81 bits per heavy atom. The van der Waals surface area contributed by atoms with Crippen molar-refractivity contribution in [2.75, 3.05) is 5.73 Å². The molecular weight excluding hydrogens is 400 g/mol. The number of pyridine rings is 1. The molecule has 1 unspecified atom stereocenters. The first-order valence-corrected chi connectivity index (χ1v) is 11.0. The lowest BCUT2D eigenvalue weighted by atomic mass is 10.0. The summed E-state index contributed by atoms with van der Waals surface area (Å²) in [5.74, 6) is 0.254. The molecule has 1 atom stereocenters. The van der Waals surface area contributed by atoms with Crippen LogP contribution in [0.2, 0.25) is 0 Å². The van der Waals surface area contributed by atoms with E-state index in [9.17, 15) is 0 Å². The van der Waals surface area contributed by atoms with E-state index in [1.807, 2.05) is 34.0 Å². The maximum absolute atomic E-state index is 5.94. The number of fused-ring (bicyclic) bond motifs is 1. The molecule has 2 N–H and O–H groups in total. The molecule has 1 aliphatic carbocycles. The van der Waals surface area contributed by atoms with Gasteiger partial charge in [0, 0.05) is 40.8 Å². The summed E-state index contributed by atoms with van der Waals surface area (Å²) < 4.78 is 5.83. The number of benzene rings is 1. The number of anilines is 1. The summed E-state index contributed by atoms with van der Waals surface area (Å²) in [6.07, 6.45) is 13.3. The predicted molar refractivity (Wildman–Crippen MR) is 123 cm³/mol. The molecule has 6 rings (SSSR count). The lowest BCUT2D eigenvalue weighted by Gasteiger charge is -2.15. The average Bonchev–Trinajstić information content (AvgIpc) is 3.20. The first-order chi connectivity index (χ1) is 15.7. The van der Waals surface area contributed by atoms with E-state index in [1.54, 1.807) is 4.52 Å². The van der Waals surface area contributed by atoms with E-state index in [2.05, 4.69) is 64.8 Å². The van der Waals surface area contributed by atoms with Crippen LogP contribution in [0, 0.1) is 0 Å². The highest BCUT2D eigenvalue weighted by molar-refractivity contribution is 5.81. The minimum Gasteiger partial charge on any atom is -0.366 e. The lowest BCUT2D eigenvalue weighted by Crippen LogP contribution is -2.09. The molecule has 0 bridgehead atoms. The van der Waals surface area contributed by atoms with E-state index in [4.69, 9.17) is 10.8 Å². The fourth-order valence-corrected chi connectivity index (χ4v) is 4.30. The van der Waals surface area contributed by atoms with Gasteiger partial charge in [-0.3, -0.25) is 9.36 Å². The number of nitrogens with zero attached hydrogens (tertiary/aromatic N) is 7. The van der Waals surface area contributed by atoms with Gasteiger partial charge >= 0.3 is 0 Å². The van der Waals surface area contributed by atoms with Crippen molar-refractivity contribution < 1.29 is 0 Å². The van der Waals surface area contributed by atoms with Crippen LogP contribution >= 0.6 is 0 Å². The monoisotopic (exact) mass is 424 g/mol. The van der Waals surface area contributed by atoms with Gasteiger partial charge in [0.25, 0.3) is 0 Å². The van der Waals surface area contributed by atoms with Gasteiger partial charge in [0.15, 0.2) is 5.65 Å². The maximum atomic E-state index is 5.94. The Labute approximate surface area is 185 Å². The molecule has 1 aliphatic rings. The molecule has 1 aromatic carbocycles. The van der Waals surface area contributed by atoms with Crippen molar-refractivity contribution in [3.05, 3.63) is 72.9 Å². The second-order valence-electron chi connectivity index (χ2n) is 8.36. The molecule has 32 heavy (non-hydrogen) atoms.